The number of hydrogen-bond acceptors (Lipinski definition) is 4. The van der Waals surface area contributed by atoms with Gasteiger partial charge >= 0.3 is 5.97 Å². The minimum absolute atomic E-state index is 0.167. The zero-order valence-electron chi connectivity index (χ0n) is 8.90. The van der Waals surface area contributed by atoms with Crippen LogP contribution in [0.4, 0.5) is 0 Å². The Kier molecular flexibility index (Phi) is 2.65. The smallest absolute Gasteiger partial charge is 0.353 e. The lowest BCUT2D eigenvalue weighted by Crippen LogP contribution is -2.44. The van der Waals surface area contributed by atoms with E-state index in [4.69, 9.17) is 9.94 Å². The molecular formula is C10H16N2O3. The molecule has 84 valence electrons. The molecular weight excluding hydrogens is 196 g/mol. The first-order valence-corrected chi connectivity index (χ1v) is 5.36. The van der Waals surface area contributed by atoms with E-state index in [1.165, 1.54) is 0 Å². The molecule has 0 unspecified atom stereocenters. The maximum absolute atomic E-state index is 10.7. The van der Waals surface area contributed by atoms with Crippen molar-refractivity contribution in [3.05, 3.63) is 0 Å². The molecule has 5 nitrogen and oxygen atoms in total. The summed E-state index contributed by atoms with van der Waals surface area (Å²) in [7, 11) is 0. The van der Waals surface area contributed by atoms with Gasteiger partial charge < -0.3 is 14.8 Å². The largest absolute Gasteiger partial charge is 0.477 e. The summed E-state index contributed by atoms with van der Waals surface area (Å²) in [4.78, 5) is 18.4. The third-order valence-corrected chi connectivity index (χ3v) is 3.30. The van der Waals surface area contributed by atoms with Gasteiger partial charge in [-0.2, -0.15) is 0 Å². The van der Waals surface area contributed by atoms with Crippen molar-refractivity contribution in [3.63, 3.8) is 0 Å². The van der Waals surface area contributed by atoms with Gasteiger partial charge in [0.15, 0.2) is 5.71 Å². The Morgan fingerprint density at radius 2 is 2.27 bits per heavy atom. The fourth-order valence-corrected chi connectivity index (χ4v) is 2.18. The second-order valence-corrected chi connectivity index (χ2v) is 4.23. The SMILES string of the molecule is CCN1CCC2(CC1)CC(C(=O)O)=NO2. The van der Waals surface area contributed by atoms with E-state index in [2.05, 4.69) is 17.0 Å². The number of piperidine rings is 1. The third kappa shape index (κ3) is 1.97. The quantitative estimate of drug-likeness (QED) is 0.732. The summed E-state index contributed by atoms with van der Waals surface area (Å²) < 4.78 is 0. The summed E-state index contributed by atoms with van der Waals surface area (Å²) in [5.74, 6) is -0.954. The summed E-state index contributed by atoms with van der Waals surface area (Å²) in [6.07, 6.45) is 2.21. The van der Waals surface area contributed by atoms with Crippen LogP contribution in [0.1, 0.15) is 26.2 Å². The molecule has 1 fully saturated rings. The van der Waals surface area contributed by atoms with Crippen LogP contribution in [0.15, 0.2) is 5.16 Å². The highest BCUT2D eigenvalue weighted by molar-refractivity contribution is 6.36. The number of hydrogen-bond donors (Lipinski definition) is 1. The van der Waals surface area contributed by atoms with Crippen molar-refractivity contribution in [1.29, 1.82) is 0 Å². The molecule has 0 atom stereocenters. The van der Waals surface area contributed by atoms with Crippen LogP contribution in [0.25, 0.3) is 0 Å². The van der Waals surface area contributed by atoms with Crippen LogP contribution in [0, 0.1) is 0 Å². The molecule has 5 heteroatoms. The lowest BCUT2D eigenvalue weighted by molar-refractivity contribution is -0.129. The van der Waals surface area contributed by atoms with E-state index < -0.39 is 5.97 Å². The van der Waals surface area contributed by atoms with E-state index in [1.807, 2.05) is 0 Å². The van der Waals surface area contributed by atoms with Crippen molar-refractivity contribution >= 4 is 11.7 Å². The molecule has 2 heterocycles. The zero-order valence-corrected chi connectivity index (χ0v) is 8.90. The van der Waals surface area contributed by atoms with Gasteiger partial charge in [0, 0.05) is 32.4 Å². The molecule has 0 aliphatic carbocycles. The molecule has 0 aromatic rings. The molecule has 2 rings (SSSR count). The minimum atomic E-state index is -0.954. The number of rotatable bonds is 2. The molecule has 0 radical (unpaired) electrons. The van der Waals surface area contributed by atoms with Crippen LogP contribution < -0.4 is 0 Å². The van der Waals surface area contributed by atoms with Gasteiger partial charge in [-0.1, -0.05) is 12.1 Å². The summed E-state index contributed by atoms with van der Waals surface area (Å²) in [6.45, 7) is 5.12. The van der Waals surface area contributed by atoms with Gasteiger partial charge in [0.1, 0.15) is 5.60 Å². The first-order chi connectivity index (χ1) is 7.15. The molecule has 1 saturated heterocycles. The highest BCUT2D eigenvalue weighted by Crippen LogP contribution is 2.34. The summed E-state index contributed by atoms with van der Waals surface area (Å²) >= 11 is 0. The average Bonchev–Trinajstić information content (AvgIpc) is 2.64. The van der Waals surface area contributed by atoms with Gasteiger partial charge in [-0.3, -0.25) is 0 Å². The summed E-state index contributed by atoms with van der Waals surface area (Å²) in [5, 5.41) is 12.5. The van der Waals surface area contributed by atoms with Gasteiger partial charge in [0.2, 0.25) is 0 Å². The van der Waals surface area contributed by atoms with Crippen molar-refractivity contribution in [1.82, 2.24) is 4.90 Å². The lowest BCUT2D eigenvalue weighted by atomic mass is 9.87. The third-order valence-electron chi connectivity index (χ3n) is 3.30. The molecule has 0 aromatic heterocycles. The second-order valence-electron chi connectivity index (χ2n) is 4.23. The highest BCUT2D eigenvalue weighted by Gasteiger charge is 2.43. The molecule has 0 bridgehead atoms. The maximum Gasteiger partial charge on any atom is 0.353 e. The van der Waals surface area contributed by atoms with Crippen LogP contribution in [0.5, 0.6) is 0 Å². The molecule has 2 aliphatic heterocycles. The molecule has 1 spiro atoms. The van der Waals surface area contributed by atoms with Crippen molar-refractivity contribution in [2.24, 2.45) is 5.16 Å². The number of aliphatic carboxylic acids is 1. The first kappa shape index (κ1) is 10.4. The van der Waals surface area contributed by atoms with Crippen molar-refractivity contribution in [2.75, 3.05) is 19.6 Å². The Hall–Kier alpha value is -1.10. The average molecular weight is 212 g/mol. The van der Waals surface area contributed by atoms with E-state index in [0.29, 0.717) is 6.42 Å². The number of oxime groups is 1. The van der Waals surface area contributed by atoms with Gasteiger partial charge in [-0.05, 0) is 6.54 Å². The van der Waals surface area contributed by atoms with Crippen molar-refractivity contribution in [2.45, 2.75) is 31.8 Å². The topological polar surface area (TPSA) is 62.1 Å². The van der Waals surface area contributed by atoms with Crippen LogP contribution in [0.3, 0.4) is 0 Å². The van der Waals surface area contributed by atoms with Crippen LogP contribution in [-0.4, -0.2) is 46.9 Å². The monoisotopic (exact) mass is 212 g/mol. The predicted molar refractivity (Wildman–Crippen MR) is 54.9 cm³/mol. The number of carboxylic acids is 1. The van der Waals surface area contributed by atoms with Crippen molar-refractivity contribution in [3.8, 4) is 0 Å². The molecule has 0 aromatic carbocycles. The van der Waals surface area contributed by atoms with Crippen LogP contribution in [0.2, 0.25) is 0 Å². The van der Waals surface area contributed by atoms with Gasteiger partial charge in [-0.15, -0.1) is 0 Å². The molecule has 0 saturated carbocycles. The zero-order chi connectivity index (χ0) is 10.9. The molecule has 1 N–H and O–H groups in total. The Balaban J connectivity index is 1.94. The Morgan fingerprint density at radius 1 is 1.60 bits per heavy atom. The predicted octanol–water partition coefficient (Wildman–Crippen LogP) is 0.702. The first-order valence-electron chi connectivity index (χ1n) is 5.36. The van der Waals surface area contributed by atoms with E-state index in [-0.39, 0.29) is 11.3 Å². The fourth-order valence-electron chi connectivity index (χ4n) is 2.18. The van der Waals surface area contributed by atoms with Crippen LogP contribution in [-0.2, 0) is 9.63 Å². The number of carboxylic acid groups (broad SMARTS) is 1. The Morgan fingerprint density at radius 3 is 2.73 bits per heavy atom. The molecule has 0 amide bonds. The molecule has 2 aliphatic rings. The molecule has 15 heavy (non-hydrogen) atoms. The number of carbonyl (C=O) groups is 1. The van der Waals surface area contributed by atoms with Gasteiger partial charge in [-0.25, -0.2) is 4.79 Å². The standard InChI is InChI=1S/C10H16N2O3/c1-2-12-5-3-10(4-6-12)7-8(9(13)14)11-15-10/h2-7H2,1H3,(H,13,14). The normalized spacial score (nSPS) is 25.0. The summed E-state index contributed by atoms with van der Waals surface area (Å²) in [5.41, 5.74) is -0.153. The fraction of sp³-hybridized carbons (Fsp3) is 0.800. The van der Waals surface area contributed by atoms with E-state index in [9.17, 15) is 4.79 Å². The summed E-state index contributed by atoms with van der Waals surface area (Å²) in [6, 6.07) is 0. The highest BCUT2D eigenvalue weighted by atomic mass is 16.7. The lowest BCUT2D eigenvalue weighted by Gasteiger charge is -2.36. The Bertz CT molecular complexity index is 293. The maximum atomic E-state index is 10.7. The van der Waals surface area contributed by atoms with Crippen LogP contribution >= 0.6 is 0 Å². The second kappa shape index (κ2) is 3.81. The van der Waals surface area contributed by atoms with Gasteiger partial charge in [0.25, 0.3) is 0 Å². The van der Waals surface area contributed by atoms with E-state index in [1.54, 1.807) is 0 Å². The minimum Gasteiger partial charge on any atom is -0.477 e. The van der Waals surface area contributed by atoms with Crippen molar-refractivity contribution < 1.29 is 14.7 Å². The Labute approximate surface area is 88.7 Å². The number of likely N-dealkylation sites (tertiary alicyclic amines) is 1. The van der Waals surface area contributed by atoms with Gasteiger partial charge in [0.05, 0.1) is 0 Å². The van der Waals surface area contributed by atoms with E-state index >= 15 is 0 Å². The van der Waals surface area contributed by atoms with E-state index in [0.717, 1.165) is 32.5 Å². The number of nitrogens with zero attached hydrogens (tertiary/aromatic N) is 2.